The number of benzene rings is 1. The lowest BCUT2D eigenvalue weighted by Gasteiger charge is -2.12. The largest absolute Gasteiger partial charge is 0.497 e. The lowest BCUT2D eigenvalue weighted by atomic mass is 10.1. The minimum atomic E-state index is 0.0230. The van der Waals surface area contributed by atoms with Crippen LogP contribution in [0.5, 0.6) is 11.5 Å². The molecule has 4 heteroatoms. The third kappa shape index (κ3) is 3.74. The fourth-order valence-corrected chi connectivity index (χ4v) is 1.54. The van der Waals surface area contributed by atoms with Crippen LogP contribution < -0.4 is 14.8 Å². The van der Waals surface area contributed by atoms with Crippen molar-refractivity contribution < 1.29 is 14.3 Å². The van der Waals surface area contributed by atoms with Gasteiger partial charge in [-0.1, -0.05) is 6.92 Å². The van der Waals surface area contributed by atoms with Crippen LogP contribution in [-0.2, 0) is 0 Å². The molecule has 1 aromatic rings. The quantitative estimate of drug-likeness (QED) is 0.755. The molecule has 1 unspecified atom stereocenters. The topological polar surface area (TPSA) is 47.6 Å². The summed E-state index contributed by atoms with van der Waals surface area (Å²) in [6.07, 6.45) is 0.993. The number of carbonyl (C=O) groups excluding carboxylic acids is 1. The van der Waals surface area contributed by atoms with Gasteiger partial charge in [0.05, 0.1) is 26.3 Å². The van der Waals surface area contributed by atoms with Crippen LogP contribution in [0.25, 0.3) is 0 Å². The molecule has 1 rings (SSSR count). The monoisotopic (exact) mass is 251 g/mol. The molecule has 0 radical (unpaired) electrons. The normalized spacial score (nSPS) is 12.0. The second-order valence-corrected chi connectivity index (χ2v) is 4.18. The molecule has 0 spiro atoms. The third-order valence-electron chi connectivity index (χ3n) is 2.93. The number of Topliss-reactive ketones (excluding diaryl/α,β-unsaturated/α-hetero) is 1. The number of rotatable bonds is 7. The van der Waals surface area contributed by atoms with E-state index in [1.165, 1.54) is 0 Å². The number of hydrogen-bond donors (Lipinski definition) is 1. The Labute approximate surface area is 108 Å². The maximum atomic E-state index is 12.1. The van der Waals surface area contributed by atoms with Crippen LogP contribution in [0.1, 0.15) is 30.6 Å². The molecule has 0 aromatic heterocycles. The van der Waals surface area contributed by atoms with Gasteiger partial charge in [0, 0.05) is 12.1 Å². The molecule has 0 fully saturated rings. The smallest absolute Gasteiger partial charge is 0.180 e. The van der Waals surface area contributed by atoms with Crippen LogP contribution in [0, 0.1) is 0 Å². The molecule has 1 aromatic carbocycles. The maximum absolute atomic E-state index is 12.1. The summed E-state index contributed by atoms with van der Waals surface area (Å²) in [7, 11) is 3.13. The molecular weight excluding hydrogens is 230 g/mol. The highest BCUT2D eigenvalue weighted by Gasteiger charge is 2.13. The van der Waals surface area contributed by atoms with E-state index in [4.69, 9.17) is 9.47 Å². The average Bonchev–Trinajstić information content (AvgIpc) is 2.43. The van der Waals surface area contributed by atoms with Gasteiger partial charge in [-0.3, -0.25) is 4.79 Å². The first-order valence-electron chi connectivity index (χ1n) is 6.11. The van der Waals surface area contributed by atoms with Crippen molar-refractivity contribution in [2.45, 2.75) is 26.3 Å². The van der Waals surface area contributed by atoms with Crippen molar-refractivity contribution in [3.8, 4) is 11.5 Å². The average molecular weight is 251 g/mol. The van der Waals surface area contributed by atoms with Gasteiger partial charge < -0.3 is 14.8 Å². The van der Waals surface area contributed by atoms with Gasteiger partial charge in [0.2, 0.25) is 0 Å². The second-order valence-electron chi connectivity index (χ2n) is 4.18. The van der Waals surface area contributed by atoms with Crippen LogP contribution in [0.15, 0.2) is 18.2 Å². The number of carbonyl (C=O) groups is 1. The molecular formula is C14H21NO3. The molecule has 0 heterocycles. The van der Waals surface area contributed by atoms with Crippen LogP contribution in [0.4, 0.5) is 0 Å². The first kappa shape index (κ1) is 14.5. The summed E-state index contributed by atoms with van der Waals surface area (Å²) in [5.74, 6) is 1.25. The summed E-state index contributed by atoms with van der Waals surface area (Å²) in [4.78, 5) is 12.1. The van der Waals surface area contributed by atoms with Gasteiger partial charge in [-0.15, -0.1) is 0 Å². The minimum Gasteiger partial charge on any atom is -0.497 e. The Morgan fingerprint density at radius 3 is 2.61 bits per heavy atom. The predicted molar refractivity (Wildman–Crippen MR) is 71.6 cm³/mol. The van der Waals surface area contributed by atoms with E-state index < -0.39 is 0 Å². The van der Waals surface area contributed by atoms with E-state index in [-0.39, 0.29) is 5.78 Å². The lowest BCUT2D eigenvalue weighted by molar-refractivity contribution is 0.0984. The Morgan fingerprint density at radius 1 is 1.33 bits per heavy atom. The molecule has 4 nitrogen and oxygen atoms in total. The Kier molecular flexibility index (Phi) is 5.65. The highest BCUT2D eigenvalue weighted by molar-refractivity contribution is 6.00. The second kappa shape index (κ2) is 7.01. The fourth-order valence-electron chi connectivity index (χ4n) is 1.54. The molecule has 1 atom stereocenters. The SMILES string of the molecule is CCC(C)NCC(=O)c1ccc(OC)cc1OC. The zero-order valence-corrected chi connectivity index (χ0v) is 11.4. The van der Waals surface area contributed by atoms with E-state index in [9.17, 15) is 4.79 Å². The molecule has 0 saturated heterocycles. The Bertz CT molecular complexity index is 404. The van der Waals surface area contributed by atoms with E-state index in [0.29, 0.717) is 29.6 Å². The van der Waals surface area contributed by atoms with E-state index in [1.807, 2.05) is 0 Å². The van der Waals surface area contributed by atoms with Crippen molar-refractivity contribution in [1.29, 1.82) is 0 Å². The van der Waals surface area contributed by atoms with Gasteiger partial charge in [0.25, 0.3) is 0 Å². The fraction of sp³-hybridized carbons (Fsp3) is 0.500. The van der Waals surface area contributed by atoms with Gasteiger partial charge >= 0.3 is 0 Å². The van der Waals surface area contributed by atoms with Crippen LogP contribution in [0.3, 0.4) is 0 Å². The summed E-state index contributed by atoms with van der Waals surface area (Å²) in [6, 6.07) is 5.55. The van der Waals surface area contributed by atoms with Crippen molar-refractivity contribution >= 4 is 5.78 Å². The van der Waals surface area contributed by atoms with Gasteiger partial charge in [-0.2, -0.15) is 0 Å². The standard InChI is InChI=1S/C14H21NO3/c1-5-10(2)15-9-13(16)12-7-6-11(17-3)8-14(12)18-4/h6-8,10,15H,5,9H2,1-4H3. The molecule has 0 aliphatic rings. The van der Waals surface area contributed by atoms with Gasteiger partial charge in [0.1, 0.15) is 11.5 Å². The Hall–Kier alpha value is -1.55. The number of nitrogens with one attached hydrogen (secondary N) is 1. The Morgan fingerprint density at radius 2 is 2.06 bits per heavy atom. The van der Waals surface area contributed by atoms with Crippen molar-refractivity contribution in [1.82, 2.24) is 5.32 Å². The molecule has 0 aliphatic carbocycles. The van der Waals surface area contributed by atoms with Crippen molar-refractivity contribution in [2.24, 2.45) is 0 Å². The molecule has 0 aliphatic heterocycles. The lowest BCUT2D eigenvalue weighted by Crippen LogP contribution is -2.31. The molecule has 0 amide bonds. The van der Waals surface area contributed by atoms with Crippen molar-refractivity contribution in [3.05, 3.63) is 23.8 Å². The summed E-state index contributed by atoms with van der Waals surface area (Å²) >= 11 is 0. The van der Waals surface area contributed by atoms with Gasteiger partial charge in [0.15, 0.2) is 5.78 Å². The van der Waals surface area contributed by atoms with E-state index in [2.05, 4.69) is 19.2 Å². The summed E-state index contributed by atoms with van der Waals surface area (Å²) in [5.41, 5.74) is 0.578. The van der Waals surface area contributed by atoms with Gasteiger partial charge in [-0.05, 0) is 25.5 Å². The summed E-state index contributed by atoms with van der Waals surface area (Å²) < 4.78 is 10.3. The zero-order chi connectivity index (χ0) is 13.5. The summed E-state index contributed by atoms with van der Waals surface area (Å²) in [5, 5.41) is 3.17. The van der Waals surface area contributed by atoms with Crippen LogP contribution in [0.2, 0.25) is 0 Å². The molecule has 1 N–H and O–H groups in total. The van der Waals surface area contributed by atoms with E-state index in [1.54, 1.807) is 32.4 Å². The highest BCUT2D eigenvalue weighted by atomic mass is 16.5. The van der Waals surface area contributed by atoms with Crippen LogP contribution in [-0.4, -0.2) is 32.6 Å². The van der Waals surface area contributed by atoms with Crippen LogP contribution >= 0.6 is 0 Å². The highest BCUT2D eigenvalue weighted by Crippen LogP contribution is 2.24. The number of ketones is 1. The molecule has 0 saturated carbocycles. The first-order chi connectivity index (χ1) is 8.62. The summed E-state index contributed by atoms with van der Waals surface area (Å²) in [6.45, 7) is 4.45. The molecule has 0 bridgehead atoms. The third-order valence-corrected chi connectivity index (χ3v) is 2.93. The minimum absolute atomic E-state index is 0.0230. The number of ether oxygens (including phenoxy) is 2. The molecule has 18 heavy (non-hydrogen) atoms. The van der Waals surface area contributed by atoms with Gasteiger partial charge in [-0.25, -0.2) is 0 Å². The van der Waals surface area contributed by atoms with E-state index >= 15 is 0 Å². The maximum Gasteiger partial charge on any atom is 0.180 e. The van der Waals surface area contributed by atoms with E-state index in [0.717, 1.165) is 6.42 Å². The zero-order valence-electron chi connectivity index (χ0n) is 11.4. The number of hydrogen-bond acceptors (Lipinski definition) is 4. The number of methoxy groups -OCH3 is 2. The molecule has 100 valence electrons. The predicted octanol–water partition coefficient (Wildman–Crippen LogP) is 2.27. The first-order valence-corrected chi connectivity index (χ1v) is 6.11. The van der Waals surface area contributed by atoms with Crippen molar-refractivity contribution in [3.63, 3.8) is 0 Å². The van der Waals surface area contributed by atoms with Crippen molar-refractivity contribution in [2.75, 3.05) is 20.8 Å². The Balaban J connectivity index is 2.78.